The third kappa shape index (κ3) is 2.57. The topological polar surface area (TPSA) is 38.9 Å². The van der Waals surface area contributed by atoms with Gasteiger partial charge in [0.25, 0.3) is 0 Å². The molecule has 1 aliphatic rings. The van der Waals surface area contributed by atoms with Gasteiger partial charge in [-0.15, -0.1) is 0 Å². The molecule has 3 atom stereocenters. The molecule has 0 saturated heterocycles. The Hall–Kier alpha value is -1.41. The Morgan fingerprint density at radius 2 is 2.00 bits per heavy atom. The monoisotopic (exact) mass is 268 g/mol. The van der Waals surface area contributed by atoms with Crippen LogP contribution in [0.2, 0.25) is 0 Å². The van der Waals surface area contributed by atoms with Crippen molar-refractivity contribution in [3.05, 3.63) is 42.1 Å². The van der Waals surface area contributed by atoms with Gasteiger partial charge in [-0.25, -0.2) is 0 Å². The van der Waals surface area contributed by atoms with E-state index in [-0.39, 0.29) is 6.04 Å². The number of pyridine rings is 1. The molecule has 2 nitrogen and oxygen atoms in total. The molecule has 3 rings (SSSR count). The summed E-state index contributed by atoms with van der Waals surface area (Å²) >= 11 is 0. The van der Waals surface area contributed by atoms with Crippen molar-refractivity contribution >= 4 is 10.9 Å². The highest BCUT2D eigenvalue weighted by molar-refractivity contribution is 5.78. The van der Waals surface area contributed by atoms with Crippen molar-refractivity contribution in [3.8, 4) is 0 Å². The molecule has 1 saturated carbocycles. The van der Waals surface area contributed by atoms with Gasteiger partial charge in [0.15, 0.2) is 0 Å². The summed E-state index contributed by atoms with van der Waals surface area (Å²) in [6.07, 6.45) is 5.66. The summed E-state index contributed by atoms with van der Waals surface area (Å²) in [5, 5.41) is 1.23. The lowest BCUT2D eigenvalue weighted by Gasteiger charge is -2.36. The van der Waals surface area contributed by atoms with Crippen LogP contribution < -0.4 is 5.73 Å². The van der Waals surface area contributed by atoms with Gasteiger partial charge in [0.05, 0.1) is 5.52 Å². The summed E-state index contributed by atoms with van der Waals surface area (Å²) < 4.78 is 0. The number of fused-ring (bicyclic) bond motifs is 1. The molecule has 0 bridgehead atoms. The highest BCUT2D eigenvalue weighted by Gasteiger charge is 2.30. The zero-order chi connectivity index (χ0) is 14.1. The average Bonchev–Trinajstić information content (AvgIpc) is 2.47. The Labute approximate surface area is 121 Å². The fourth-order valence-electron chi connectivity index (χ4n) is 3.51. The molecule has 1 heterocycles. The number of nitrogens with zero attached hydrogens (tertiary/aromatic N) is 1. The van der Waals surface area contributed by atoms with Crippen LogP contribution in [0.5, 0.6) is 0 Å². The van der Waals surface area contributed by atoms with Gasteiger partial charge in [0.1, 0.15) is 0 Å². The molecule has 2 aromatic rings. The Kier molecular flexibility index (Phi) is 3.75. The summed E-state index contributed by atoms with van der Waals surface area (Å²) in [6.45, 7) is 4.66. The molecule has 2 heteroatoms. The summed E-state index contributed by atoms with van der Waals surface area (Å²) in [5.41, 5.74) is 8.78. The molecule has 0 spiro atoms. The highest BCUT2D eigenvalue weighted by atomic mass is 14.7. The first kappa shape index (κ1) is 13.6. The Bertz CT molecular complexity index is 591. The summed E-state index contributed by atoms with van der Waals surface area (Å²) in [6, 6.07) is 10.9. The molecule has 3 unspecified atom stereocenters. The van der Waals surface area contributed by atoms with Crippen molar-refractivity contribution < 1.29 is 0 Å². The van der Waals surface area contributed by atoms with E-state index in [9.17, 15) is 0 Å². The van der Waals surface area contributed by atoms with Gasteiger partial charge in [-0.2, -0.15) is 0 Å². The predicted molar refractivity (Wildman–Crippen MR) is 84.6 cm³/mol. The first-order valence-corrected chi connectivity index (χ1v) is 7.75. The maximum absolute atomic E-state index is 6.39. The van der Waals surface area contributed by atoms with Crippen LogP contribution in [0.4, 0.5) is 0 Å². The minimum Gasteiger partial charge on any atom is -0.327 e. The zero-order valence-electron chi connectivity index (χ0n) is 12.4. The number of para-hydroxylation sites is 1. The second-order valence-corrected chi connectivity index (χ2v) is 6.55. The van der Waals surface area contributed by atoms with Crippen LogP contribution in [-0.4, -0.2) is 11.0 Å². The summed E-state index contributed by atoms with van der Waals surface area (Å²) in [7, 11) is 0. The smallest absolute Gasteiger partial charge is 0.0702 e. The number of hydrogen-bond acceptors (Lipinski definition) is 2. The fourth-order valence-corrected chi connectivity index (χ4v) is 3.51. The lowest BCUT2D eigenvalue weighted by atomic mass is 9.71. The molecule has 1 aromatic heterocycles. The lowest BCUT2D eigenvalue weighted by Crippen LogP contribution is -2.35. The Balaban J connectivity index is 1.91. The predicted octanol–water partition coefficient (Wildman–Crippen LogP) is 4.10. The van der Waals surface area contributed by atoms with Gasteiger partial charge in [0.2, 0.25) is 0 Å². The van der Waals surface area contributed by atoms with Crippen LogP contribution in [-0.2, 0) is 0 Å². The van der Waals surface area contributed by atoms with Crippen molar-refractivity contribution in [1.29, 1.82) is 0 Å². The fraction of sp³-hybridized carbons (Fsp3) is 0.500. The minimum absolute atomic E-state index is 0.285. The molecular formula is C18H24N2. The van der Waals surface area contributed by atoms with Crippen LogP contribution in [0, 0.1) is 11.8 Å². The molecule has 106 valence electrons. The summed E-state index contributed by atoms with van der Waals surface area (Å²) in [5.74, 6) is 2.01. The second-order valence-electron chi connectivity index (χ2n) is 6.55. The molecule has 20 heavy (non-hydrogen) atoms. The molecule has 0 amide bonds. The third-order valence-electron chi connectivity index (χ3n) is 4.93. The molecule has 0 aliphatic heterocycles. The minimum atomic E-state index is 0.285. The normalized spacial score (nSPS) is 27.1. The summed E-state index contributed by atoms with van der Waals surface area (Å²) in [4.78, 5) is 4.61. The lowest BCUT2D eigenvalue weighted by molar-refractivity contribution is 0.232. The Morgan fingerprint density at radius 1 is 1.20 bits per heavy atom. The van der Waals surface area contributed by atoms with Crippen LogP contribution >= 0.6 is 0 Å². The SMILES string of the molecule is CC(C)C1CCC(N)C(c2cnc3ccccc3c2)C1. The molecule has 2 N–H and O–H groups in total. The Morgan fingerprint density at radius 3 is 2.80 bits per heavy atom. The van der Waals surface area contributed by atoms with Crippen LogP contribution in [0.15, 0.2) is 36.5 Å². The first-order valence-electron chi connectivity index (χ1n) is 7.75. The van der Waals surface area contributed by atoms with E-state index in [1.165, 1.54) is 23.8 Å². The molecule has 1 fully saturated rings. The van der Waals surface area contributed by atoms with Crippen molar-refractivity contribution in [2.75, 3.05) is 0 Å². The molecule has 1 aliphatic carbocycles. The van der Waals surface area contributed by atoms with E-state index in [1.54, 1.807) is 0 Å². The largest absolute Gasteiger partial charge is 0.327 e. The highest BCUT2D eigenvalue weighted by Crippen LogP contribution is 2.39. The van der Waals surface area contributed by atoms with Crippen LogP contribution in [0.1, 0.15) is 44.6 Å². The van der Waals surface area contributed by atoms with E-state index < -0.39 is 0 Å². The van der Waals surface area contributed by atoms with E-state index >= 15 is 0 Å². The quantitative estimate of drug-likeness (QED) is 0.890. The van der Waals surface area contributed by atoms with Gasteiger partial charge in [-0.1, -0.05) is 32.0 Å². The van der Waals surface area contributed by atoms with Crippen LogP contribution in [0.3, 0.4) is 0 Å². The standard InChI is InChI=1S/C18H24N2/c1-12(2)13-7-8-17(19)16(10-13)15-9-14-5-3-4-6-18(14)20-11-15/h3-6,9,11-13,16-17H,7-8,10,19H2,1-2H3. The van der Waals surface area contributed by atoms with Gasteiger partial charge in [-0.3, -0.25) is 4.98 Å². The van der Waals surface area contributed by atoms with E-state index in [2.05, 4.69) is 43.1 Å². The molecule has 1 aromatic carbocycles. The molecule has 0 radical (unpaired) electrons. The maximum Gasteiger partial charge on any atom is 0.0702 e. The van der Waals surface area contributed by atoms with E-state index in [4.69, 9.17) is 5.73 Å². The van der Waals surface area contributed by atoms with Gasteiger partial charge >= 0.3 is 0 Å². The number of benzene rings is 1. The number of aromatic nitrogens is 1. The van der Waals surface area contributed by atoms with Gasteiger partial charge in [0, 0.05) is 23.5 Å². The van der Waals surface area contributed by atoms with E-state index in [0.29, 0.717) is 5.92 Å². The number of rotatable bonds is 2. The first-order chi connectivity index (χ1) is 9.65. The van der Waals surface area contributed by atoms with Crippen molar-refractivity contribution in [2.45, 2.75) is 45.1 Å². The van der Waals surface area contributed by atoms with Gasteiger partial charge < -0.3 is 5.73 Å². The second kappa shape index (κ2) is 5.53. The van der Waals surface area contributed by atoms with Crippen molar-refractivity contribution in [3.63, 3.8) is 0 Å². The maximum atomic E-state index is 6.39. The number of nitrogens with two attached hydrogens (primary N) is 1. The average molecular weight is 268 g/mol. The van der Waals surface area contributed by atoms with Crippen molar-refractivity contribution in [2.24, 2.45) is 17.6 Å². The zero-order valence-corrected chi connectivity index (χ0v) is 12.4. The van der Waals surface area contributed by atoms with Gasteiger partial charge in [-0.05, 0) is 48.8 Å². The third-order valence-corrected chi connectivity index (χ3v) is 4.93. The van der Waals surface area contributed by atoms with Crippen molar-refractivity contribution in [1.82, 2.24) is 4.98 Å². The molecular weight excluding hydrogens is 244 g/mol. The van der Waals surface area contributed by atoms with Crippen LogP contribution in [0.25, 0.3) is 10.9 Å². The van der Waals surface area contributed by atoms with E-state index in [0.717, 1.165) is 23.8 Å². The van der Waals surface area contributed by atoms with E-state index in [1.807, 2.05) is 12.3 Å². The number of hydrogen-bond donors (Lipinski definition) is 1.